The summed E-state index contributed by atoms with van der Waals surface area (Å²) in [5.41, 5.74) is 0.343. The Balaban J connectivity index is 3.06. The SMILES string of the molecule is O=C=Nc1ccc(S(=O)(=O)N(CCCl)CCCl)cc1. The number of alkyl halides is 2. The summed E-state index contributed by atoms with van der Waals surface area (Å²) in [6.45, 7) is 0.371. The molecule has 0 bridgehead atoms. The number of benzene rings is 1. The predicted octanol–water partition coefficient (Wildman–Crippen LogP) is 2.12. The number of carbonyl (C=O) groups excluding carboxylic acids is 1. The lowest BCUT2D eigenvalue weighted by atomic mass is 10.3. The molecule has 0 fully saturated rings. The molecule has 1 aromatic carbocycles. The van der Waals surface area contributed by atoms with E-state index >= 15 is 0 Å². The summed E-state index contributed by atoms with van der Waals surface area (Å²) in [6, 6.07) is 5.61. The van der Waals surface area contributed by atoms with E-state index in [-0.39, 0.29) is 29.7 Å². The maximum Gasteiger partial charge on any atom is 0.243 e. The van der Waals surface area contributed by atoms with Gasteiger partial charge < -0.3 is 0 Å². The van der Waals surface area contributed by atoms with Gasteiger partial charge in [-0.1, -0.05) is 0 Å². The van der Waals surface area contributed by atoms with Crippen molar-refractivity contribution in [1.29, 1.82) is 0 Å². The van der Waals surface area contributed by atoms with E-state index in [9.17, 15) is 13.2 Å². The minimum atomic E-state index is -3.63. The summed E-state index contributed by atoms with van der Waals surface area (Å²) in [5.74, 6) is 0.368. The molecule has 1 rings (SSSR count). The molecule has 0 atom stereocenters. The van der Waals surface area contributed by atoms with Crippen LogP contribution in [0.4, 0.5) is 5.69 Å². The zero-order chi connectivity index (χ0) is 14.3. The van der Waals surface area contributed by atoms with Crippen LogP contribution in [0.15, 0.2) is 34.2 Å². The van der Waals surface area contributed by atoms with Crippen molar-refractivity contribution in [3.63, 3.8) is 0 Å². The van der Waals surface area contributed by atoms with Gasteiger partial charge in [-0.3, -0.25) is 0 Å². The van der Waals surface area contributed by atoms with Crippen molar-refractivity contribution in [1.82, 2.24) is 4.31 Å². The lowest BCUT2D eigenvalue weighted by Gasteiger charge is -2.20. The monoisotopic (exact) mass is 322 g/mol. The second kappa shape index (κ2) is 7.62. The molecule has 0 radical (unpaired) electrons. The Morgan fingerprint density at radius 1 is 1.11 bits per heavy atom. The lowest BCUT2D eigenvalue weighted by Crippen LogP contribution is -2.34. The maximum atomic E-state index is 12.3. The molecule has 0 heterocycles. The highest BCUT2D eigenvalue weighted by Gasteiger charge is 2.23. The Morgan fingerprint density at radius 2 is 1.63 bits per heavy atom. The van der Waals surface area contributed by atoms with Crippen LogP contribution in [0.25, 0.3) is 0 Å². The highest BCUT2D eigenvalue weighted by molar-refractivity contribution is 7.89. The summed E-state index contributed by atoms with van der Waals surface area (Å²) in [5, 5.41) is 0. The number of aliphatic imine (C=N–C) groups is 1. The molecule has 8 heteroatoms. The average molecular weight is 323 g/mol. The standard InChI is InChI=1S/C11H12Cl2N2O3S/c12-5-7-15(8-6-13)19(17,18)11-3-1-10(2-4-11)14-9-16/h1-4H,5-8H2. The quantitative estimate of drug-likeness (QED) is 0.438. The lowest BCUT2D eigenvalue weighted by molar-refractivity contribution is 0.448. The van der Waals surface area contributed by atoms with Gasteiger partial charge in [-0.25, -0.2) is 13.2 Å². The molecule has 0 saturated carbocycles. The first-order chi connectivity index (χ1) is 9.06. The zero-order valence-electron chi connectivity index (χ0n) is 9.92. The van der Waals surface area contributed by atoms with Crippen LogP contribution >= 0.6 is 23.2 Å². The van der Waals surface area contributed by atoms with E-state index in [1.165, 1.54) is 34.7 Å². The van der Waals surface area contributed by atoms with Crippen molar-refractivity contribution < 1.29 is 13.2 Å². The molecule has 0 amide bonds. The van der Waals surface area contributed by atoms with Crippen molar-refractivity contribution in [2.75, 3.05) is 24.8 Å². The molecule has 5 nitrogen and oxygen atoms in total. The van der Waals surface area contributed by atoms with E-state index < -0.39 is 10.0 Å². The topological polar surface area (TPSA) is 66.8 Å². The molecule has 0 aliphatic carbocycles. The highest BCUT2D eigenvalue weighted by Crippen LogP contribution is 2.19. The van der Waals surface area contributed by atoms with E-state index in [1.807, 2.05) is 0 Å². The largest absolute Gasteiger partial charge is 0.243 e. The first-order valence-corrected chi connectivity index (χ1v) is 7.87. The van der Waals surface area contributed by atoms with Gasteiger partial charge in [0.05, 0.1) is 10.6 Å². The molecule has 1 aromatic rings. The van der Waals surface area contributed by atoms with Crippen LogP contribution in [0.1, 0.15) is 0 Å². The fourth-order valence-electron chi connectivity index (χ4n) is 1.44. The van der Waals surface area contributed by atoms with E-state index in [2.05, 4.69) is 4.99 Å². The molecule has 0 aliphatic heterocycles. The highest BCUT2D eigenvalue weighted by atomic mass is 35.5. The number of hydrogen-bond donors (Lipinski definition) is 0. The number of nitrogens with zero attached hydrogens (tertiary/aromatic N) is 2. The summed E-state index contributed by atoms with van der Waals surface area (Å²) in [4.78, 5) is 13.6. The number of hydrogen-bond acceptors (Lipinski definition) is 4. The molecular weight excluding hydrogens is 311 g/mol. The summed E-state index contributed by atoms with van der Waals surface area (Å²) < 4.78 is 25.8. The van der Waals surface area contributed by atoms with E-state index in [0.717, 1.165) is 0 Å². The van der Waals surface area contributed by atoms with Gasteiger partial charge in [0.15, 0.2) is 0 Å². The maximum absolute atomic E-state index is 12.3. The Morgan fingerprint density at radius 3 is 2.05 bits per heavy atom. The Kier molecular flexibility index (Phi) is 6.48. The average Bonchev–Trinajstić information content (AvgIpc) is 2.39. The molecule has 19 heavy (non-hydrogen) atoms. The predicted molar refractivity (Wildman–Crippen MR) is 74.4 cm³/mol. The van der Waals surface area contributed by atoms with Crippen LogP contribution in [0, 0.1) is 0 Å². The number of halogens is 2. The molecule has 0 saturated heterocycles. The van der Waals surface area contributed by atoms with E-state index in [4.69, 9.17) is 23.2 Å². The van der Waals surface area contributed by atoms with Gasteiger partial charge in [0.1, 0.15) is 0 Å². The summed E-state index contributed by atoms with van der Waals surface area (Å²) in [6.07, 6.45) is 1.39. The smallest absolute Gasteiger partial charge is 0.211 e. The minimum Gasteiger partial charge on any atom is -0.211 e. The fraction of sp³-hybridized carbons (Fsp3) is 0.364. The van der Waals surface area contributed by atoms with Crippen molar-refractivity contribution in [3.8, 4) is 0 Å². The third kappa shape index (κ3) is 4.30. The van der Waals surface area contributed by atoms with Gasteiger partial charge in [0, 0.05) is 24.8 Å². The van der Waals surface area contributed by atoms with Gasteiger partial charge in [-0.2, -0.15) is 9.30 Å². The summed E-state index contributed by atoms with van der Waals surface area (Å²) in [7, 11) is -3.63. The second-order valence-corrected chi connectivity index (χ2v) is 6.17. The third-order valence-electron chi connectivity index (χ3n) is 2.32. The van der Waals surface area contributed by atoms with E-state index in [1.54, 1.807) is 0 Å². The van der Waals surface area contributed by atoms with Gasteiger partial charge in [-0.15, -0.1) is 23.2 Å². The molecule has 104 valence electrons. The van der Waals surface area contributed by atoms with Crippen LogP contribution in [-0.2, 0) is 14.8 Å². The van der Waals surface area contributed by atoms with Gasteiger partial charge in [0.2, 0.25) is 16.1 Å². The van der Waals surface area contributed by atoms with Crippen molar-refractivity contribution in [2.45, 2.75) is 4.90 Å². The van der Waals surface area contributed by atoms with Gasteiger partial charge in [-0.05, 0) is 24.3 Å². The summed E-state index contributed by atoms with van der Waals surface area (Å²) >= 11 is 11.2. The Labute approximate surface area is 121 Å². The van der Waals surface area contributed by atoms with Crippen LogP contribution in [-0.4, -0.2) is 43.7 Å². The normalized spacial score (nSPS) is 11.3. The molecule has 0 unspecified atom stereocenters. The Hall–Kier alpha value is -0.910. The van der Waals surface area contributed by atoms with Crippen molar-refractivity contribution in [3.05, 3.63) is 24.3 Å². The van der Waals surface area contributed by atoms with Crippen LogP contribution < -0.4 is 0 Å². The molecular formula is C11H12Cl2N2O3S. The molecule has 0 aliphatic rings. The second-order valence-electron chi connectivity index (χ2n) is 3.48. The molecule has 0 N–H and O–H groups in total. The van der Waals surface area contributed by atoms with Crippen LogP contribution in [0.5, 0.6) is 0 Å². The van der Waals surface area contributed by atoms with Crippen LogP contribution in [0.2, 0.25) is 0 Å². The van der Waals surface area contributed by atoms with Gasteiger partial charge >= 0.3 is 0 Å². The molecule has 0 spiro atoms. The van der Waals surface area contributed by atoms with E-state index in [0.29, 0.717) is 5.69 Å². The number of isocyanates is 1. The Bertz CT molecular complexity index is 548. The third-order valence-corrected chi connectivity index (χ3v) is 4.57. The van der Waals surface area contributed by atoms with Crippen molar-refractivity contribution in [2.24, 2.45) is 4.99 Å². The van der Waals surface area contributed by atoms with Gasteiger partial charge in [0.25, 0.3) is 0 Å². The number of sulfonamides is 1. The first-order valence-electron chi connectivity index (χ1n) is 5.36. The fourth-order valence-corrected chi connectivity index (χ4v) is 3.49. The molecule has 0 aromatic heterocycles. The minimum absolute atomic E-state index is 0.104. The zero-order valence-corrected chi connectivity index (χ0v) is 12.2. The number of rotatable bonds is 7. The van der Waals surface area contributed by atoms with Crippen LogP contribution in [0.3, 0.4) is 0 Å². The first kappa shape index (κ1) is 16.1. The van der Waals surface area contributed by atoms with Crippen molar-refractivity contribution >= 4 is 45.0 Å².